The van der Waals surface area contributed by atoms with Gasteiger partial charge in [0.2, 0.25) is 0 Å². The molecule has 32 heavy (non-hydrogen) atoms. The molecule has 1 heterocycles. The van der Waals surface area contributed by atoms with Crippen LogP contribution in [0.2, 0.25) is 5.02 Å². The molecule has 1 saturated heterocycles. The Bertz CT molecular complexity index is 1220. The molecule has 0 aromatic heterocycles. The zero-order chi connectivity index (χ0) is 22.7. The van der Waals surface area contributed by atoms with Crippen LogP contribution in [0.15, 0.2) is 78.9 Å². The van der Waals surface area contributed by atoms with Crippen LogP contribution >= 0.6 is 11.6 Å². The van der Waals surface area contributed by atoms with E-state index in [9.17, 15) is 18.0 Å². The number of carbonyl (C=O) groups excluding carboxylic acids is 2. The third kappa shape index (κ3) is 5.09. The molecule has 0 N–H and O–H groups in total. The van der Waals surface area contributed by atoms with Gasteiger partial charge in [0.05, 0.1) is 18.1 Å². The highest BCUT2D eigenvalue weighted by Gasteiger charge is 2.36. The Balaban J connectivity index is 1.57. The maximum atomic E-state index is 13.2. The first-order chi connectivity index (χ1) is 15.3. The maximum Gasteiger partial charge on any atom is 0.254 e. The van der Waals surface area contributed by atoms with Gasteiger partial charge in [-0.3, -0.25) is 9.59 Å². The summed E-state index contributed by atoms with van der Waals surface area (Å²) < 4.78 is 24.1. The van der Waals surface area contributed by atoms with Gasteiger partial charge in [0.1, 0.15) is 0 Å². The van der Waals surface area contributed by atoms with Gasteiger partial charge in [0.15, 0.2) is 15.6 Å². The number of benzene rings is 3. The summed E-state index contributed by atoms with van der Waals surface area (Å²) in [6.45, 7) is -0.188. The smallest absolute Gasteiger partial charge is 0.254 e. The molecule has 1 aliphatic rings. The fraction of sp³-hybridized carbons (Fsp3) is 0.200. The van der Waals surface area contributed by atoms with Crippen molar-refractivity contribution in [2.45, 2.75) is 12.5 Å². The molecule has 7 heteroatoms. The minimum atomic E-state index is -3.23. The van der Waals surface area contributed by atoms with Crippen LogP contribution in [-0.2, 0) is 9.84 Å². The first-order valence-corrected chi connectivity index (χ1v) is 12.5. The van der Waals surface area contributed by atoms with E-state index in [4.69, 9.17) is 11.6 Å². The number of Topliss-reactive ketones (excluding diaryl/α,β-unsaturated/α-hetero) is 1. The lowest BCUT2D eigenvalue weighted by Crippen LogP contribution is -2.44. The molecule has 0 spiro atoms. The van der Waals surface area contributed by atoms with Crippen molar-refractivity contribution in [1.29, 1.82) is 0 Å². The molecule has 5 nitrogen and oxygen atoms in total. The fourth-order valence-corrected chi connectivity index (χ4v) is 5.73. The van der Waals surface area contributed by atoms with E-state index < -0.39 is 15.9 Å². The molecule has 0 bridgehead atoms. The number of nitrogens with zero attached hydrogens (tertiary/aromatic N) is 1. The van der Waals surface area contributed by atoms with Gasteiger partial charge >= 0.3 is 0 Å². The van der Waals surface area contributed by atoms with E-state index in [0.29, 0.717) is 22.6 Å². The second kappa shape index (κ2) is 9.27. The second-order valence-corrected chi connectivity index (χ2v) is 10.5. The van der Waals surface area contributed by atoms with Gasteiger partial charge in [-0.05, 0) is 41.8 Å². The Morgan fingerprint density at radius 2 is 1.44 bits per heavy atom. The van der Waals surface area contributed by atoms with Crippen molar-refractivity contribution in [1.82, 2.24) is 4.90 Å². The Hall–Kier alpha value is -2.96. The van der Waals surface area contributed by atoms with E-state index in [1.807, 2.05) is 42.5 Å². The van der Waals surface area contributed by atoms with Gasteiger partial charge in [-0.2, -0.15) is 0 Å². The van der Waals surface area contributed by atoms with Gasteiger partial charge in [0.25, 0.3) is 5.91 Å². The summed E-state index contributed by atoms with van der Waals surface area (Å²) >= 11 is 5.92. The lowest BCUT2D eigenvalue weighted by atomic mass is 10.0. The largest absolute Gasteiger partial charge is 0.327 e. The zero-order valence-electron chi connectivity index (χ0n) is 17.3. The van der Waals surface area contributed by atoms with Crippen LogP contribution in [-0.4, -0.2) is 49.1 Å². The maximum absolute atomic E-state index is 13.2. The summed E-state index contributed by atoms with van der Waals surface area (Å²) in [5, 5.41) is 0.492. The first-order valence-electron chi connectivity index (χ1n) is 10.3. The average molecular weight is 468 g/mol. The third-order valence-electron chi connectivity index (χ3n) is 5.63. The van der Waals surface area contributed by atoms with Crippen LogP contribution < -0.4 is 0 Å². The Kier molecular flexibility index (Phi) is 6.44. The average Bonchev–Trinajstić information content (AvgIpc) is 3.17. The van der Waals surface area contributed by atoms with Gasteiger partial charge in [0, 0.05) is 22.2 Å². The Labute approximate surface area is 192 Å². The summed E-state index contributed by atoms with van der Waals surface area (Å²) in [6.07, 6.45) is 0.321. The number of amides is 1. The van der Waals surface area contributed by atoms with Gasteiger partial charge in [-0.1, -0.05) is 66.2 Å². The summed E-state index contributed by atoms with van der Waals surface area (Å²) in [7, 11) is -3.23. The number of ketones is 1. The highest BCUT2D eigenvalue weighted by Crippen LogP contribution is 2.23. The number of hydrogen-bond acceptors (Lipinski definition) is 4. The quantitative estimate of drug-likeness (QED) is 0.500. The molecule has 3 aromatic rings. The van der Waals surface area contributed by atoms with Gasteiger partial charge in [-0.15, -0.1) is 0 Å². The van der Waals surface area contributed by atoms with E-state index >= 15 is 0 Å². The molecule has 1 amide bonds. The molecule has 164 valence electrons. The van der Waals surface area contributed by atoms with Crippen molar-refractivity contribution in [3.05, 3.63) is 95.0 Å². The summed E-state index contributed by atoms with van der Waals surface area (Å²) in [4.78, 5) is 27.6. The summed E-state index contributed by atoms with van der Waals surface area (Å²) in [5.41, 5.74) is 2.87. The predicted octanol–water partition coefficient (Wildman–Crippen LogP) is 4.52. The zero-order valence-corrected chi connectivity index (χ0v) is 18.9. The standard InChI is InChI=1S/C25H22ClNO4S/c26-22-12-10-21(11-13-22)25(29)27(23-14-15-32(30,31)17-23)16-24(28)20-8-6-19(7-9-20)18-4-2-1-3-5-18/h1-13,23H,14-17H2. The Morgan fingerprint density at radius 1 is 0.844 bits per heavy atom. The molecule has 1 unspecified atom stereocenters. The van der Waals surface area contributed by atoms with Crippen LogP contribution in [0.1, 0.15) is 27.1 Å². The Morgan fingerprint density at radius 3 is 2.03 bits per heavy atom. The molecular formula is C25H22ClNO4S. The number of carbonyl (C=O) groups is 2. The minimum Gasteiger partial charge on any atom is -0.327 e. The van der Waals surface area contributed by atoms with Crippen molar-refractivity contribution >= 4 is 33.1 Å². The number of sulfone groups is 1. The molecular weight excluding hydrogens is 446 g/mol. The first kappa shape index (κ1) is 22.2. The number of halogens is 1. The monoisotopic (exact) mass is 467 g/mol. The normalized spacial score (nSPS) is 17.1. The molecule has 1 aliphatic heterocycles. The number of rotatable bonds is 6. The van der Waals surface area contributed by atoms with Crippen LogP contribution in [0, 0.1) is 0 Å². The third-order valence-corrected chi connectivity index (χ3v) is 7.63. The predicted molar refractivity (Wildman–Crippen MR) is 126 cm³/mol. The van der Waals surface area contributed by atoms with Gasteiger partial charge in [-0.25, -0.2) is 8.42 Å². The molecule has 4 rings (SSSR count). The van der Waals surface area contributed by atoms with Crippen LogP contribution in [0.3, 0.4) is 0 Å². The summed E-state index contributed by atoms with van der Waals surface area (Å²) in [6, 6.07) is 22.9. The summed E-state index contributed by atoms with van der Waals surface area (Å²) in [5.74, 6) is -0.733. The lowest BCUT2D eigenvalue weighted by Gasteiger charge is -2.28. The lowest BCUT2D eigenvalue weighted by molar-refractivity contribution is 0.0654. The van der Waals surface area contributed by atoms with E-state index in [1.165, 1.54) is 4.90 Å². The second-order valence-electron chi connectivity index (χ2n) is 7.86. The van der Waals surface area contributed by atoms with Crippen molar-refractivity contribution in [2.75, 3.05) is 18.1 Å². The highest BCUT2D eigenvalue weighted by atomic mass is 35.5. The van der Waals surface area contributed by atoms with Crippen LogP contribution in [0.25, 0.3) is 11.1 Å². The molecule has 1 fully saturated rings. The van der Waals surface area contributed by atoms with Gasteiger partial charge < -0.3 is 4.90 Å². The van der Waals surface area contributed by atoms with Crippen molar-refractivity contribution < 1.29 is 18.0 Å². The van der Waals surface area contributed by atoms with E-state index in [2.05, 4.69) is 0 Å². The van der Waals surface area contributed by atoms with Crippen molar-refractivity contribution in [3.8, 4) is 11.1 Å². The molecule has 0 aliphatic carbocycles. The number of hydrogen-bond donors (Lipinski definition) is 0. The minimum absolute atomic E-state index is 0.0159. The van der Waals surface area contributed by atoms with Crippen LogP contribution in [0.5, 0.6) is 0 Å². The molecule has 3 aromatic carbocycles. The molecule has 1 atom stereocenters. The van der Waals surface area contributed by atoms with E-state index in [1.54, 1.807) is 36.4 Å². The van der Waals surface area contributed by atoms with E-state index in [0.717, 1.165) is 11.1 Å². The van der Waals surface area contributed by atoms with Crippen LogP contribution in [0.4, 0.5) is 0 Å². The fourth-order valence-electron chi connectivity index (χ4n) is 3.87. The topological polar surface area (TPSA) is 71.5 Å². The SMILES string of the molecule is O=C(CN(C(=O)c1ccc(Cl)cc1)C1CCS(=O)(=O)C1)c1ccc(-c2ccccc2)cc1. The molecule has 0 radical (unpaired) electrons. The highest BCUT2D eigenvalue weighted by molar-refractivity contribution is 7.91. The molecule has 0 saturated carbocycles. The van der Waals surface area contributed by atoms with Crippen molar-refractivity contribution in [2.24, 2.45) is 0 Å². The van der Waals surface area contributed by atoms with Crippen molar-refractivity contribution in [3.63, 3.8) is 0 Å². The van der Waals surface area contributed by atoms with E-state index in [-0.39, 0.29) is 29.7 Å².